The third-order valence-corrected chi connectivity index (χ3v) is 3.21. The lowest BCUT2D eigenvalue weighted by molar-refractivity contribution is -0.108. The maximum Gasteiger partial charge on any atom is 0.138 e. The molecule has 0 spiro atoms. The van der Waals surface area contributed by atoms with Crippen molar-refractivity contribution in [1.29, 1.82) is 0 Å². The molecule has 84 valence electrons. The van der Waals surface area contributed by atoms with Gasteiger partial charge in [-0.15, -0.1) is 0 Å². The van der Waals surface area contributed by atoms with E-state index in [1.807, 2.05) is 19.1 Å². The molecule has 1 heterocycles. The normalized spacial score (nSPS) is 12.9. The van der Waals surface area contributed by atoms with Crippen LogP contribution in [0.25, 0.3) is 11.0 Å². The van der Waals surface area contributed by atoms with Crippen molar-refractivity contribution in [2.24, 2.45) is 0 Å². The number of aryl methyl sites for hydroxylation is 2. The second-order valence-electron chi connectivity index (χ2n) is 4.31. The minimum Gasteiger partial charge on any atom is -0.461 e. The zero-order valence-corrected chi connectivity index (χ0v) is 9.91. The number of hydrogen-bond acceptors (Lipinski definition) is 2. The Morgan fingerprint density at radius 3 is 2.81 bits per heavy atom. The summed E-state index contributed by atoms with van der Waals surface area (Å²) in [6.07, 6.45) is 1.50. The Balaban J connectivity index is 2.62. The fourth-order valence-electron chi connectivity index (χ4n) is 2.04. The van der Waals surface area contributed by atoms with Crippen LogP contribution in [0.5, 0.6) is 0 Å². The number of rotatable bonds is 3. The van der Waals surface area contributed by atoms with Crippen LogP contribution in [0.1, 0.15) is 36.1 Å². The first kappa shape index (κ1) is 10.9. The second-order valence-corrected chi connectivity index (χ2v) is 4.31. The summed E-state index contributed by atoms with van der Waals surface area (Å²) in [6, 6.07) is 6.14. The molecular formula is C14H16O2. The topological polar surface area (TPSA) is 30.2 Å². The van der Waals surface area contributed by atoms with E-state index >= 15 is 0 Å². The summed E-state index contributed by atoms with van der Waals surface area (Å²) in [5.41, 5.74) is 3.25. The van der Waals surface area contributed by atoms with Crippen LogP contribution in [-0.4, -0.2) is 6.29 Å². The molecule has 0 radical (unpaired) electrons. The summed E-state index contributed by atoms with van der Waals surface area (Å²) in [5, 5.41) is 1.16. The highest BCUT2D eigenvalue weighted by Gasteiger charge is 2.14. The van der Waals surface area contributed by atoms with Crippen molar-refractivity contribution >= 4 is 17.3 Å². The Morgan fingerprint density at radius 1 is 1.38 bits per heavy atom. The van der Waals surface area contributed by atoms with Crippen molar-refractivity contribution < 1.29 is 9.21 Å². The van der Waals surface area contributed by atoms with E-state index in [0.717, 1.165) is 28.6 Å². The van der Waals surface area contributed by atoms with E-state index in [0.29, 0.717) is 6.42 Å². The maximum absolute atomic E-state index is 10.6. The van der Waals surface area contributed by atoms with Crippen molar-refractivity contribution in [1.82, 2.24) is 0 Å². The minimum atomic E-state index is 0.214. The zero-order chi connectivity index (χ0) is 11.7. The number of carbonyl (C=O) groups is 1. The Morgan fingerprint density at radius 2 is 2.12 bits per heavy atom. The van der Waals surface area contributed by atoms with Gasteiger partial charge >= 0.3 is 0 Å². The molecule has 1 unspecified atom stereocenters. The van der Waals surface area contributed by atoms with E-state index in [1.54, 1.807) is 0 Å². The van der Waals surface area contributed by atoms with Gasteiger partial charge in [-0.1, -0.05) is 25.1 Å². The first-order valence-corrected chi connectivity index (χ1v) is 5.57. The fourth-order valence-corrected chi connectivity index (χ4v) is 2.04. The molecule has 1 aromatic carbocycles. The lowest BCUT2D eigenvalue weighted by Crippen LogP contribution is -1.94. The first-order valence-electron chi connectivity index (χ1n) is 5.57. The summed E-state index contributed by atoms with van der Waals surface area (Å²) in [6.45, 7) is 6.09. The van der Waals surface area contributed by atoms with Gasteiger partial charge in [0.15, 0.2) is 0 Å². The number of para-hydroxylation sites is 1. The molecule has 2 heteroatoms. The third-order valence-electron chi connectivity index (χ3n) is 3.21. The molecule has 2 nitrogen and oxygen atoms in total. The molecule has 0 saturated carbocycles. The van der Waals surface area contributed by atoms with Crippen molar-refractivity contribution in [2.45, 2.75) is 33.1 Å². The molecule has 0 bridgehead atoms. The predicted octanol–water partition coefficient (Wildman–Crippen LogP) is 3.74. The van der Waals surface area contributed by atoms with E-state index in [4.69, 9.17) is 4.42 Å². The van der Waals surface area contributed by atoms with Crippen molar-refractivity contribution in [3.8, 4) is 0 Å². The highest BCUT2D eigenvalue weighted by molar-refractivity contribution is 5.85. The monoisotopic (exact) mass is 216 g/mol. The number of benzene rings is 1. The third kappa shape index (κ3) is 1.64. The number of fused-ring (bicyclic) bond motifs is 1. The SMILES string of the molecule is Cc1oc2c(C(C)CC=O)cccc2c1C. The predicted molar refractivity (Wildman–Crippen MR) is 64.8 cm³/mol. The van der Waals surface area contributed by atoms with E-state index in [2.05, 4.69) is 19.9 Å². The zero-order valence-electron chi connectivity index (χ0n) is 9.91. The van der Waals surface area contributed by atoms with Crippen LogP contribution in [0.3, 0.4) is 0 Å². The number of hydrogen-bond donors (Lipinski definition) is 0. The molecule has 0 aliphatic carbocycles. The summed E-state index contributed by atoms with van der Waals surface area (Å²) < 4.78 is 5.78. The Labute approximate surface area is 95.3 Å². The van der Waals surface area contributed by atoms with Crippen molar-refractivity contribution in [3.63, 3.8) is 0 Å². The first-order chi connectivity index (χ1) is 7.65. The lowest BCUT2D eigenvalue weighted by atomic mass is 9.96. The average molecular weight is 216 g/mol. The van der Waals surface area contributed by atoms with E-state index in [1.165, 1.54) is 5.56 Å². The largest absolute Gasteiger partial charge is 0.461 e. The van der Waals surface area contributed by atoms with Gasteiger partial charge in [0.2, 0.25) is 0 Å². The van der Waals surface area contributed by atoms with Crippen LogP contribution in [-0.2, 0) is 4.79 Å². The average Bonchev–Trinajstić information content (AvgIpc) is 2.55. The van der Waals surface area contributed by atoms with Crippen LogP contribution < -0.4 is 0 Å². The quantitative estimate of drug-likeness (QED) is 0.731. The van der Waals surface area contributed by atoms with Crippen molar-refractivity contribution in [2.75, 3.05) is 0 Å². The van der Waals surface area contributed by atoms with Crippen LogP contribution in [0.4, 0.5) is 0 Å². The van der Waals surface area contributed by atoms with Gasteiger partial charge in [-0.2, -0.15) is 0 Å². The van der Waals surface area contributed by atoms with E-state index < -0.39 is 0 Å². The summed E-state index contributed by atoms with van der Waals surface area (Å²) in [4.78, 5) is 10.6. The Bertz CT molecular complexity index is 523. The fraction of sp³-hybridized carbons (Fsp3) is 0.357. The molecule has 1 aromatic heterocycles. The molecule has 2 rings (SSSR count). The van der Waals surface area contributed by atoms with Gasteiger partial charge in [0.05, 0.1) is 0 Å². The highest BCUT2D eigenvalue weighted by atomic mass is 16.3. The summed E-state index contributed by atoms with van der Waals surface area (Å²) in [7, 11) is 0. The Hall–Kier alpha value is -1.57. The molecule has 0 N–H and O–H groups in total. The molecule has 0 fully saturated rings. The van der Waals surface area contributed by atoms with Gasteiger partial charge in [0, 0.05) is 11.8 Å². The molecule has 0 aliphatic rings. The van der Waals surface area contributed by atoms with Crippen LogP contribution in [0, 0.1) is 13.8 Å². The number of carbonyl (C=O) groups excluding carboxylic acids is 1. The summed E-state index contributed by atoms with van der Waals surface area (Å²) >= 11 is 0. The maximum atomic E-state index is 10.6. The van der Waals surface area contributed by atoms with Crippen molar-refractivity contribution in [3.05, 3.63) is 35.1 Å². The number of furan rings is 1. The molecule has 0 aliphatic heterocycles. The molecule has 0 saturated heterocycles. The highest BCUT2D eigenvalue weighted by Crippen LogP contribution is 2.32. The number of aldehydes is 1. The molecular weight excluding hydrogens is 200 g/mol. The van der Waals surface area contributed by atoms with Gasteiger partial charge in [-0.05, 0) is 30.9 Å². The molecule has 1 atom stereocenters. The van der Waals surface area contributed by atoms with Crippen LogP contribution >= 0.6 is 0 Å². The smallest absolute Gasteiger partial charge is 0.138 e. The van der Waals surface area contributed by atoms with Gasteiger partial charge in [0.1, 0.15) is 17.6 Å². The van der Waals surface area contributed by atoms with Gasteiger partial charge in [-0.3, -0.25) is 0 Å². The van der Waals surface area contributed by atoms with Gasteiger partial charge in [0.25, 0.3) is 0 Å². The standard InChI is InChI=1S/C14H16O2/c1-9(7-8-15)12-5-4-6-13-10(2)11(3)16-14(12)13/h4-6,8-9H,7H2,1-3H3. The summed E-state index contributed by atoms with van der Waals surface area (Å²) in [5.74, 6) is 1.17. The van der Waals surface area contributed by atoms with E-state index in [-0.39, 0.29) is 5.92 Å². The molecule has 16 heavy (non-hydrogen) atoms. The van der Waals surface area contributed by atoms with E-state index in [9.17, 15) is 4.79 Å². The minimum absolute atomic E-state index is 0.214. The van der Waals surface area contributed by atoms with Crippen LogP contribution in [0.2, 0.25) is 0 Å². The van der Waals surface area contributed by atoms with Crippen LogP contribution in [0.15, 0.2) is 22.6 Å². The lowest BCUT2D eigenvalue weighted by Gasteiger charge is -2.08. The molecule has 0 amide bonds. The van der Waals surface area contributed by atoms with Gasteiger partial charge < -0.3 is 9.21 Å². The molecule has 2 aromatic rings. The second kappa shape index (κ2) is 4.12. The Kier molecular flexibility index (Phi) is 2.82. The van der Waals surface area contributed by atoms with Gasteiger partial charge in [-0.25, -0.2) is 0 Å².